The molecule has 0 radical (unpaired) electrons. The van der Waals surface area contributed by atoms with Gasteiger partial charge in [0.15, 0.2) is 0 Å². The number of hydrogen-bond acceptors (Lipinski definition) is 4. The van der Waals surface area contributed by atoms with Crippen LogP contribution in [-0.2, 0) is 11.3 Å². The van der Waals surface area contributed by atoms with E-state index in [1.807, 2.05) is 22.8 Å². The number of aliphatic imine (C=N–C) groups is 1. The summed E-state index contributed by atoms with van der Waals surface area (Å²) in [4.78, 5) is 36.5. The highest BCUT2D eigenvalue weighted by molar-refractivity contribution is 6.30. The third-order valence-corrected chi connectivity index (χ3v) is 6.45. The van der Waals surface area contributed by atoms with Gasteiger partial charge in [0.2, 0.25) is 11.9 Å². The molecule has 0 aromatic heterocycles. The van der Waals surface area contributed by atoms with Crippen LogP contribution in [0.1, 0.15) is 18.1 Å². The molecule has 0 saturated carbocycles. The van der Waals surface area contributed by atoms with Crippen molar-refractivity contribution in [2.45, 2.75) is 26.4 Å². The summed E-state index contributed by atoms with van der Waals surface area (Å²) < 4.78 is 2.05. The van der Waals surface area contributed by atoms with Gasteiger partial charge in [0.1, 0.15) is 5.69 Å². The van der Waals surface area contributed by atoms with Crippen LogP contribution in [0.4, 0.5) is 10.5 Å². The van der Waals surface area contributed by atoms with Gasteiger partial charge >= 0.3 is 12.0 Å². The van der Waals surface area contributed by atoms with Gasteiger partial charge in [0.25, 0.3) is 5.91 Å². The fourth-order valence-corrected chi connectivity index (χ4v) is 4.76. The van der Waals surface area contributed by atoms with Crippen LogP contribution >= 0.6 is 11.6 Å². The van der Waals surface area contributed by atoms with Crippen molar-refractivity contribution >= 4 is 41.0 Å². The maximum Gasteiger partial charge on any atom is 0.397 e. The van der Waals surface area contributed by atoms with E-state index in [0.29, 0.717) is 23.3 Å². The number of urea groups is 1. The van der Waals surface area contributed by atoms with Crippen molar-refractivity contribution in [3.8, 4) is 0 Å². The first-order valence-corrected chi connectivity index (χ1v) is 11.1. The van der Waals surface area contributed by atoms with Crippen LogP contribution in [0.3, 0.4) is 0 Å². The van der Waals surface area contributed by atoms with E-state index in [-0.39, 0.29) is 18.5 Å². The van der Waals surface area contributed by atoms with E-state index in [1.165, 1.54) is 9.80 Å². The van der Waals surface area contributed by atoms with Crippen molar-refractivity contribution in [1.82, 2.24) is 9.80 Å². The number of amidine groups is 1. The van der Waals surface area contributed by atoms with Gasteiger partial charge < -0.3 is 0 Å². The highest BCUT2D eigenvalue weighted by Crippen LogP contribution is 2.29. The number of guanidine groups is 1. The van der Waals surface area contributed by atoms with Crippen molar-refractivity contribution < 1.29 is 14.2 Å². The second kappa shape index (κ2) is 7.74. The summed E-state index contributed by atoms with van der Waals surface area (Å²) in [5.74, 6) is 1.31. The largest absolute Gasteiger partial charge is 0.397 e. The van der Waals surface area contributed by atoms with Gasteiger partial charge in [-0.2, -0.15) is 0 Å². The van der Waals surface area contributed by atoms with Crippen molar-refractivity contribution in [3.05, 3.63) is 64.7 Å². The minimum Gasteiger partial charge on any atom is -0.270 e. The van der Waals surface area contributed by atoms with Gasteiger partial charge in [-0.05, 0) is 42.3 Å². The fraction of sp³-hybridized carbons (Fsp3) is 0.333. The molecule has 2 unspecified atom stereocenters. The Morgan fingerprint density at radius 2 is 1.91 bits per heavy atom. The standard InChI is InChI=1S/C24H25ClN5O2/c1-15-5-4-6-19(11-15)28-12-16(2)13-29-20-21(26-23(28)29)27(3)24(32)30(22(20)31)14-17-7-9-18(25)10-8-17/h4-11,16,20H,12-14H2,1-3H3/q+1. The number of rotatable bonds is 3. The van der Waals surface area contributed by atoms with E-state index in [9.17, 15) is 9.59 Å². The Hall–Kier alpha value is -3.19. The molecule has 2 aromatic carbocycles. The van der Waals surface area contributed by atoms with Crippen molar-refractivity contribution in [2.75, 3.05) is 25.0 Å². The molecule has 3 heterocycles. The number of amides is 3. The van der Waals surface area contributed by atoms with E-state index in [2.05, 4.69) is 36.9 Å². The van der Waals surface area contributed by atoms with Crippen LogP contribution in [0.25, 0.3) is 0 Å². The molecule has 1 saturated heterocycles. The highest BCUT2D eigenvalue weighted by atomic mass is 35.5. The first kappa shape index (κ1) is 20.7. The van der Waals surface area contributed by atoms with Crippen molar-refractivity contribution in [1.29, 1.82) is 0 Å². The van der Waals surface area contributed by atoms with Crippen molar-refractivity contribution in [3.63, 3.8) is 0 Å². The molecule has 3 aliphatic heterocycles. The first-order valence-electron chi connectivity index (χ1n) is 10.7. The number of benzene rings is 2. The Morgan fingerprint density at radius 3 is 2.62 bits per heavy atom. The molecule has 0 N–H and O–H groups in total. The minimum absolute atomic E-state index is 0.198. The van der Waals surface area contributed by atoms with E-state index in [1.54, 1.807) is 19.2 Å². The van der Waals surface area contributed by atoms with Crippen LogP contribution in [0.2, 0.25) is 5.02 Å². The molecule has 8 heteroatoms. The summed E-state index contributed by atoms with van der Waals surface area (Å²) in [6, 6.07) is 14.5. The lowest BCUT2D eigenvalue weighted by Gasteiger charge is -2.35. The number of likely N-dealkylation sites (N-methyl/N-ethyl adjacent to an activating group) is 1. The lowest BCUT2D eigenvalue weighted by molar-refractivity contribution is -0.545. The third kappa shape index (κ3) is 3.37. The predicted octanol–water partition coefficient (Wildman–Crippen LogP) is 3.35. The van der Waals surface area contributed by atoms with E-state index in [4.69, 9.17) is 16.6 Å². The number of nitrogens with zero attached hydrogens (tertiary/aromatic N) is 5. The zero-order chi connectivity index (χ0) is 22.6. The van der Waals surface area contributed by atoms with Gasteiger partial charge in [-0.15, -0.1) is 0 Å². The first-order chi connectivity index (χ1) is 15.3. The predicted molar refractivity (Wildman–Crippen MR) is 124 cm³/mol. The molecular weight excluding hydrogens is 426 g/mol. The maximum atomic E-state index is 13.6. The van der Waals surface area contributed by atoms with Gasteiger partial charge in [-0.1, -0.05) is 47.8 Å². The molecule has 2 atom stereocenters. The monoisotopic (exact) mass is 450 g/mol. The lowest BCUT2D eigenvalue weighted by atomic mass is 10.1. The highest BCUT2D eigenvalue weighted by Gasteiger charge is 2.55. The van der Waals surface area contributed by atoms with E-state index < -0.39 is 6.04 Å². The number of aryl methyl sites for hydroxylation is 1. The van der Waals surface area contributed by atoms with E-state index in [0.717, 1.165) is 29.3 Å². The smallest absolute Gasteiger partial charge is 0.270 e. The Bertz CT molecular complexity index is 1170. The Labute approximate surface area is 192 Å². The molecule has 7 nitrogen and oxygen atoms in total. The zero-order valence-electron chi connectivity index (χ0n) is 18.3. The molecule has 2 aromatic rings. The molecule has 0 spiro atoms. The van der Waals surface area contributed by atoms with Gasteiger partial charge in [0.05, 0.1) is 19.6 Å². The number of fused-ring (bicyclic) bond motifs is 2. The Morgan fingerprint density at radius 1 is 1.16 bits per heavy atom. The average molecular weight is 451 g/mol. The Balaban J connectivity index is 1.53. The van der Waals surface area contributed by atoms with E-state index >= 15 is 0 Å². The number of hydrogen-bond donors (Lipinski definition) is 0. The molecule has 32 heavy (non-hydrogen) atoms. The van der Waals surface area contributed by atoms with Crippen molar-refractivity contribution in [2.24, 2.45) is 10.9 Å². The summed E-state index contributed by atoms with van der Waals surface area (Å²) in [7, 11) is 1.69. The SMILES string of the molecule is Cc1cccc(N2CC(C)C[N+]3=C2N=C2C3C(=O)N(Cc3ccc(Cl)cc3)C(=O)N2C)c1. The molecule has 0 bridgehead atoms. The summed E-state index contributed by atoms with van der Waals surface area (Å²) in [6.45, 7) is 5.94. The number of carbonyl (C=O) groups is 2. The maximum absolute atomic E-state index is 13.6. The topological polar surface area (TPSA) is 59.2 Å². The van der Waals surface area contributed by atoms with Crippen LogP contribution < -0.4 is 4.90 Å². The number of carbonyl (C=O) groups excluding carboxylic acids is 2. The molecule has 0 aliphatic carbocycles. The van der Waals surface area contributed by atoms with Crippen LogP contribution in [0.5, 0.6) is 0 Å². The van der Waals surface area contributed by atoms with Gasteiger partial charge in [-0.25, -0.2) is 14.3 Å². The molecule has 164 valence electrons. The second-order valence-corrected chi connectivity index (χ2v) is 9.21. The fourth-order valence-electron chi connectivity index (χ4n) is 4.63. The quantitative estimate of drug-likeness (QED) is 0.674. The molecule has 5 rings (SSSR count). The van der Waals surface area contributed by atoms with Gasteiger partial charge in [0, 0.05) is 18.0 Å². The van der Waals surface area contributed by atoms with Crippen LogP contribution in [-0.4, -0.2) is 64.3 Å². The molecule has 3 aliphatic rings. The molecular formula is C24H25ClN5O2+. The summed E-state index contributed by atoms with van der Waals surface area (Å²) in [6.07, 6.45) is 0. The zero-order valence-corrected chi connectivity index (χ0v) is 19.1. The number of imide groups is 1. The van der Waals surface area contributed by atoms with Gasteiger partial charge in [-0.3, -0.25) is 14.6 Å². The van der Waals surface area contributed by atoms with Crippen LogP contribution in [0.15, 0.2) is 53.5 Å². The molecule has 3 amide bonds. The normalized spacial score (nSPS) is 22.9. The summed E-state index contributed by atoms with van der Waals surface area (Å²) >= 11 is 5.99. The number of halogens is 1. The Kier molecular flexibility index (Phi) is 5.01. The molecule has 1 fully saturated rings. The second-order valence-electron chi connectivity index (χ2n) is 8.77. The lowest BCUT2D eigenvalue weighted by Crippen LogP contribution is -2.63. The third-order valence-electron chi connectivity index (χ3n) is 6.20. The van der Waals surface area contributed by atoms with Crippen LogP contribution in [0, 0.1) is 12.8 Å². The summed E-state index contributed by atoms with van der Waals surface area (Å²) in [5, 5.41) is 0.616. The average Bonchev–Trinajstić information content (AvgIpc) is 3.15. The summed E-state index contributed by atoms with van der Waals surface area (Å²) in [5.41, 5.74) is 3.05. The minimum atomic E-state index is -0.602. The number of anilines is 1.